The number of hydrogen-bond donors (Lipinski definition) is 1. The lowest BCUT2D eigenvalue weighted by atomic mass is 9.61. The highest BCUT2D eigenvalue weighted by Crippen LogP contribution is 2.48. The van der Waals surface area contributed by atoms with Crippen molar-refractivity contribution in [1.82, 2.24) is 0 Å². The number of benzene rings is 3. The first-order valence-electron chi connectivity index (χ1n) is 11.2. The van der Waals surface area contributed by atoms with Crippen molar-refractivity contribution in [2.24, 2.45) is 0 Å². The lowest BCUT2D eigenvalue weighted by molar-refractivity contribution is 0.0697. The molecule has 0 unspecified atom stereocenters. The van der Waals surface area contributed by atoms with Crippen molar-refractivity contribution in [3.05, 3.63) is 94.5 Å². The summed E-state index contributed by atoms with van der Waals surface area (Å²) in [5.74, 6) is 5.68. The molecular formula is C30H30O2. The Bertz CT molecular complexity index is 1200. The van der Waals surface area contributed by atoms with E-state index < -0.39 is 5.97 Å². The Morgan fingerprint density at radius 3 is 2.19 bits per heavy atom. The lowest BCUT2D eigenvalue weighted by Crippen LogP contribution is -2.35. The molecule has 32 heavy (non-hydrogen) atoms. The van der Waals surface area contributed by atoms with E-state index in [0.717, 1.165) is 12.0 Å². The molecule has 2 nitrogen and oxygen atoms in total. The second kappa shape index (κ2) is 8.32. The molecule has 0 fully saturated rings. The average molecular weight is 423 g/mol. The molecule has 0 bridgehead atoms. The third kappa shape index (κ3) is 4.34. The van der Waals surface area contributed by atoms with Crippen LogP contribution in [0.5, 0.6) is 0 Å². The minimum Gasteiger partial charge on any atom is -0.478 e. The molecule has 0 spiro atoms. The summed E-state index contributed by atoms with van der Waals surface area (Å²) in [6, 6.07) is 22.0. The predicted octanol–water partition coefficient (Wildman–Crippen LogP) is 7.00. The van der Waals surface area contributed by atoms with E-state index in [0.29, 0.717) is 6.42 Å². The van der Waals surface area contributed by atoms with Crippen molar-refractivity contribution >= 4 is 5.97 Å². The SMILES string of the molecule is CC1(C)CCC(C)(C)c2c(CC#Cc3ccc(C(=O)O)cc3)cc(-c3ccccc3)cc21. The molecule has 3 aromatic carbocycles. The first-order valence-corrected chi connectivity index (χ1v) is 11.2. The Morgan fingerprint density at radius 1 is 0.875 bits per heavy atom. The van der Waals surface area contributed by atoms with E-state index in [9.17, 15) is 4.79 Å². The predicted molar refractivity (Wildman–Crippen MR) is 131 cm³/mol. The molecule has 3 aromatic rings. The molecule has 1 N–H and O–H groups in total. The second-order valence-corrected chi connectivity index (χ2v) is 10.1. The normalized spacial score (nSPS) is 15.9. The number of carbonyl (C=O) groups is 1. The van der Waals surface area contributed by atoms with Crippen LogP contribution in [-0.4, -0.2) is 11.1 Å². The zero-order valence-electron chi connectivity index (χ0n) is 19.3. The van der Waals surface area contributed by atoms with Gasteiger partial charge in [-0.3, -0.25) is 0 Å². The molecule has 0 aliphatic heterocycles. The number of rotatable bonds is 3. The molecule has 0 heterocycles. The van der Waals surface area contributed by atoms with E-state index in [4.69, 9.17) is 5.11 Å². The summed E-state index contributed by atoms with van der Waals surface area (Å²) in [4.78, 5) is 11.1. The van der Waals surface area contributed by atoms with Crippen LogP contribution in [0.4, 0.5) is 0 Å². The van der Waals surface area contributed by atoms with Gasteiger partial charge in [0.15, 0.2) is 0 Å². The third-order valence-electron chi connectivity index (χ3n) is 6.75. The minimum absolute atomic E-state index is 0.111. The fourth-order valence-electron chi connectivity index (χ4n) is 4.79. The van der Waals surface area contributed by atoms with Gasteiger partial charge >= 0.3 is 5.97 Å². The molecule has 0 saturated carbocycles. The van der Waals surface area contributed by atoms with Crippen LogP contribution in [0.15, 0.2) is 66.7 Å². The second-order valence-electron chi connectivity index (χ2n) is 10.1. The maximum absolute atomic E-state index is 11.1. The zero-order valence-corrected chi connectivity index (χ0v) is 19.3. The highest BCUT2D eigenvalue weighted by molar-refractivity contribution is 5.87. The van der Waals surface area contributed by atoms with E-state index in [1.165, 1.54) is 34.2 Å². The van der Waals surface area contributed by atoms with Gasteiger partial charge in [0.25, 0.3) is 0 Å². The van der Waals surface area contributed by atoms with Crippen molar-refractivity contribution in [1.29, 1.82) is 0 Å². The molecule has 1 aliphatic carbocycles. The first kappa shape index (κ1) is 21.9. The van der Waals surface area contributed by atoms with Crippen LogP contribution < -0.4 is 0 Å². The third-order valence-corrected chi connectivity index (χ3v) is 6.75. The summed E-state index contributed by atoms with van der Waals surface area (Å²) in [5.41, 5.74) is 8.03. The van der Waals surface area contributed by atoms with E-state index in [2.05, 4.69) is 82.0 Å². The monoisotopic (exact) mass is 422 g/mol. The van der Waals surface area contributed by atoms with Gasteiger partial charge in [0.2, 0.25) is 0 Å². The van der Waals surface area contributed by atoms with Gasteiger partial charge in [0.05, 0.1) is 5.56 Å². The van der Waals surface area contributed by atoms with Crippen LogP contribution >= 0.6 is 0 Å². The first-order chi connectivity index (χ1) is 15.2. The molecule has 0 atom stereocenters. The Hall–Kier alpha value is -3.31. The Kier molecular flexibility index (Phi) is 5.70. The van der Waals surface area contributed by atoms with Gasteiger partial charge in [-0.2, -0.15) is 0 Å². The highest BCUT2D eigenvalue weighted by Gasteiger charge is 2.38. The summed E-state index contributed by atoms with van der Waals surface area (Å²) >= 11 is 0. The van der Waals surface area contributed by atoms with Crippen molar-refractivity contribution in [2.75, 3.05) is 0 Å². The molecule has 2 heteroatoms. The van der Waals surface area contributed by atoms with E-state index in [1.807, 2.05) is 0 Å². The van der Waals surface area contributed by atoms with Gasteiger partial charge in [-0.1, -0.05) is 75.9 Å². The smallest absolute Gasteiger partial charge is 0.335 e. The molecular weight excluding hydrogens is 392 g/mol. The van der Waals surface area contributed by atoms with Crippen LogP contribution in [0.25, 0.3) is 11.1 Å². The van der Waals surface area contributed by atoms with Gasteiger partial charge in [-0.25, -0.2) is 4.79 Å². The zero-order chi connectivity index (χ0) is 22.9. The Labute approximate surface area is 191 Å². The van der Waals surface area contributed by atoms with Gasteiger partial charge in [-0.15, -0.1) is 0 Å². The standard InChI is InChI=1S/C30H30O2/c1-29(2)17-18-30(3,4)27-24(12-8-9-21-13-15-23(16-14-21)28(31)32)19-25(20-26(27)29)22-10-6-5-7-11-22/h5-7,10-11,13-16,19-20H,12,17-18H2,1-4H3,(H,31,32). The molecule has 1 aliphatic rings. The van der Waals surface area contributed by atoms with Crippen LogP contribution in [0.1, 0.15) is 73.1 Å². The topological polar surface area (TPSA) is 37.3 Å². The Balaban J connectivity index is 1.78. The quantitative estimate of drug-likeness (QED) is 0.462. The summed E-state index contributed by atoms with van der Waals surface area (Å²) < 4.78 is 0. The number of aromatic carboxylic acids is 1. The van der Waals surface area contributed by atoms with Crippen LogP contribution in [0.2, 0.25) is 0 Å². The summed E-state index contributed by atoms with van der Waals surface area (Å²) in [5, 5.41) is 9.09. The van der Waals surface area contributed by atoms with Crippen LogP contribution in [0, 0.1) is 11.8 Å². The maximum Gasteiger partial charge on any atom is 0.335 e. The van der Waals surface area contributed by atoms with E-state index in [-0.39, 0.29) is 16.4 Å². The van der Waals surface area contributed by atoms with Crippen LogP contribution in [-0.2, 0) is 17.3 Å². The van der Waals surface area contributed by atoms with Gasteiger partial charge in [0, 0.05) is 12.0 Å². The van der Waals surface area contributed by atoms with Gasteiger partial charge < -0.3 is 5.11 Å². The van der Waals surface area contributed by atoms with Crippen molar-refractivity contribution in [3.63, 3.8) is 0 Å². The van der Waals surface area contributed by atoms with Crippen molar-refractivity contribution < 1.29 is 9.90 Å². The van der Waals surface area contributed by atoms with Crippen molar-refractivity contribution in [3.8, 4) is 23.0 Å². The fourth-order valence-corrected chi connectivity index (χ4v) is 4.79. The molecule has 0 radical (unpaired) electrons. The molecule has 0 aromatic heterocycles. The number of carboxylic acids is 1. The fraction of sp³-hybridized carbons (Fsp3) is 0.300. The number of carboxylic acid groups (broad SMARTS) is 1. The average Bonchev–Trinajstić information content (AvgIpc) is 2.77. The maximum atomic E-state index is 11.1. The molecule has 162 valence electrons. The van der Waals surface area contributed by atoms with E-state index >= 15 is 0 Å². The van der Waals surface area contributed by atoms with Gasteiger partial charge in [-0.05, 0) is 81.8 Å². The van der Waals surface area contributed by atoms with Crippen LogP contribution in [0.3, 0.4) is 0 Å². The summed E-state index contributed by atoms with van der Waals surface area (Å²) in [6.45, 7) is 9.42. The molecule has 0 saturated heterocycles. The highest BCUT2D eigenvalue weighted by atomic mass is 16.4. The molecule has 4 rings (SSSR count). The van der Waals surface area contributed by atoms with E-state index in [1.54, 1.807) is 24.3 Å². The summed E-state index contributed by atoms with van der Waals surface area (Å²) in [6.07, 6.45) is 3.00. The van der Waals surface area contributed by atoms with Crippen molar-refractivity contribution in [2.45, 2.75) is 57.8 Å². The minimum atomic E-state index is -0.918. The lowest BCUT2D eigenvalue weighted by Gasteiger charge is -2.43. The van der Waals surface area contributed by atoms with Gasteiger partial charge in [0.1, 0.15) is 0 Å². The number of hydrogen-bond acceptors (Lipinski definition) is 1. The number of fused-ring (bicyclic) bond motifs is 1. The Morgan fingerprint density at radius 2 is 1.53 bits per heavy atom. The largest absolute Gasteiger partial charge is 0.478 e. The summed E-state index contributed by atoms with van der Waals surface area (Å²) in [7, 11) is 0. The molecule has 0 amide bonds.